The smallest absolute Gasteiger partial charge is 0.410 e. The summed E-state index contributed by atoms with van der Waals surface area (Å²) in [6, 6.07) is 8.22. The van der Waals surface area contributed by atoms with E-state index in [9.17, 15) is 14.4 Å². The summed E-state index contributed by atoms with van der Waals surface area (Å²) in [6.07, 6.45) is 1.86. The lowest BCUT2D eigenvalue weighted by molar-refractivity contribution is -0.129. The number of thioether (sulfide) groups is 1. The van der Waals surface area contributed by atoms with E-state index in [1.165, 1.54) is 17.3 Å². The minimum atomic E-state index is -0.486. The van der Waals surface area contributed by atoms with Crippen LogP contribution in [0, 0.1) is 0 Å². The Morgan fingerprint density at radius 2 is 1.93 bits per heavy atom. The summed E-state index contributed by atoms with van der Waals surface area (Å²) in [5, 5.41) is 2.03. The number of imide groups is 1. The van der Waals surface area contributed by atoms with Gasteiger partial charge in [-0.05, 0) is 57.2 Å². The fraction of sp³-hybridized carbons (Fsp3) is 0.591. The number of anilines is 1. The molecule has 0 unspecified atom stereocenters. The van der Waals surface area contributed by atoms with Crippen molar-refractivity contribution in [2.45, 2.75) is 56.9 Å². The molecule has 2 aliphatic rings. The summed E-state index contributed by atoms with van der Waals surface area (Å²) in [5.74, 6) is 0.499. The number of hydrogen-bond donors (Lipinski definition) is 1. The fourth-order valence-corrected chi connectivity index (χ4v) is 4.83. The standard InChI is InChI=1S/C22H31N3O4S/c1-22(2,3)29-21(28)25-11-8-15(9-12-25)16-6-5-7-17(14-16)24(4)20-19(27)23-18(26)10-13-30-20/h5-7,14-15,20H,8-13H2,1-4H3,(H,23,26,27)/t20-/m0/s1. The minimum Gasteiger partial charge on any atom is -0.444 e. The van der Waals surface area contributed by atoms with E-state index in [1.807, 2.05) is 44.9 Å². The average molecular weight is 434 g/mol. The topological polar surface area (TPSA) is 79.0 Å². The van der Waals surface area contributed by atoms with Gasteiger partial charge in [-0.1, -0.05) is 12.1 Å². The monoisotopic (exact) mass is 433 g/mol. The van der Waals surface area contributed by atoms with Crippen LogP contribution in [-0.4, -0.2) is 59.7 Å². The highest BCUT2D eigenvalue weighted by Crippen LogP contribution is 2.32. The number of piperidine rings is 1. The molecule has 30 heavy (non-hydrogen) atoms. The summed E-state index contributed by atoms with van der Waals surface area (Å²) >= 11 is 1.48. The highest BCUT2D eigenvalue weighted by Gasteiger charge is 2.30. The molecule has 3 amide bonds. The number of amides is 3. The molecule has 2 heterocycles. The van der Waals surface area contributed by atoms with Crippen molar-refractivity contribution in [2.24, 2.45) is 0 Å². The van der Waals surface area contributed by atoms with E-state index >= 15 is 0 Å². The van der Waals surface area contributed by atoms with Gasteiger partial charge in [0.1, 0.15) is 5.60 Å². The third-order valence-corrected chi connectivity index (χ3v) is 6.62. The molecule has 2 aliphatic heterocycles. The van der Waals surface area contributed by atoms with E-state index in [2.05, 4.69) is 17.4 Å². The van der Waals surface area contributed by atoms with Crippen molar-refractivity contribution < 1.29 is 19.1 Å². The summed E-state index contributed by atoms with van der Waals surface area (Å²) in [7, 11) is 1.89. The van der Waals surface area contributed by atoms with E-state index in [1.54, 1.807) is 4.90 Å². The number of carbonyl (C=O) groups excluding carboxylic acids is 3. The third kappa shape index (κ3) is 5.68. The van der Waals surface area contributed by atoms with Gasteiger partial charge in [0.05, 0.1) is 0 Å². The second-order valence-electron chi connectivity index (χ2n) is 8.83. The SMILES string of the molecule is CN(c1cccc(C2CCN(C(=O)OC(C)(C)C)CC2)c1)[C@H]1SCCC(=O)NC1=O. The van der Waals surface area contributed by atoms with Crippen LogP contribution >= 0.6 is 11.8 Å². The molecule has 2 saturated heterocycles. The summed E-state index contributed by atoms with van der Waals surface area (Å²) < 4.78 is 5.48. The molecular formula is C22H31N3O4S. The van der Waals surface area contributed by atoms with Gasteiger partial charge in [-0.25, -0.2) is 4.79 Å². The number of ether oxygens (including phenoxy) is 1. The molecule has 1 atom stereocenters. The van der Waals surface area contributed by atoms with Gasteiger partial charge in [-0.2, -0.15) is 0 Å². The Labute approximate surface area is 182 Å². The first-order valence-corrected chi connectivity index (χ1v) is 11.4. The maximum absolute atomic E-state index is 12.4. The Bertz CT molecular complexity index is 800. The first-order chi connectivity index (χ1) is 14.1. The predicted octanol–water partition coefficient (Wildman–Crippen LogP) is 3.34. The van der Waals surface area contributed by atoms with Crippen LogP contribution in [0.2, 0.25) is 0 Å². The van der Waals surface area contributed by atoms with Crippen LogP contribution in [0.15, 0.2) is 24.3 Å². The molecule has 0 spiro atoms. The zero-order chi connectivity index (χ0) is 21.9. The third-order valence-electron chi connectivity index (χ3n) is 5.34. The molecule has 0 aromatic heterocycles. The zero-order valence-electron chi connectivity index (χ0n) is 18.1. The first kappa shape index (κ1) is 22.5. The summed E-state index contributed by atoms with van der Waals surface area (Å²) in [6.45, 7) is 6.97. The Kier molecular flexibility index (Phi) is 6.95. The van der Waals surface area contributed by atoms with Crippen LogP contribution in [0.3, 0.4) is 0 Å². The molecule has 7 nitrogen and oxygen atoms in total. The molecule has 2 fully saturated rings. The molecule has 0 bridgehead atoms. The predicted molar refractivity (Wildman–Crippen MR) is 119 cm³/mol. The van der Waals surface area contributed by atoms with Crippen molar-refractivity contribution in [2.75, 3.05) is 30.8 Å². The van der Waals surface area contributed by atoms with Gasteiger partial charge < -0.3 is 14.5 Å². The molecule has 1 aromatic rings. The van der Waals surface area contributed by atoms with Crippen molar-refractivity contribution in [1.82, 2.24) is 10.2 Å². The number of benzene rings is 1. The zero-order valence-corrected chi connectivity index (χ0v) is 19.0. The molecule has 0 radical (unpaired) electrons. The molecule has 8 heteroatoms. The lowest BCUT2D eigenvalue weighted by Crippen LogP contribution is -2.43. The Balaban J connectivity index is 1.64. The Hall–Kier alpha value is -2.22. The van der Waals surface area contributed by atoms with Crippen LogP contribution in [0.25, 0.3) is 0 Å². The quantitative estimate of drug-likeness (QED) is 0.737. The Morgan fingerprint density at radius 3 is 2.60 bits per heavy atom. The van der Waals surface area contributed by atoms with Crippen LogP contribution < -0.4 is 10.2 Å². The van der Waals surface area contributed by atoms with Crippen molar-refractivity contribution >= 4 is 35.4 Å². The molecule has 3 rings (SSSR count). The van der Waals surface area contributed by atoms with Gasteiger partial charge in [0.15, 0.2) is 5.37 Å². The van der Waals surface area contributed by atoms with Crippen molar-refractivity contribution in [3.05, 3.63) is 29.8 Å². The number of rotatable bonds is 3. The number of likely N-dealkylation sites (N-methyl/N-ethyl adjacent to an activating group) is 1. The van der Waals surface area contributed by atoms with Crippen LogP contribution in [0.1, 0.15) is 51.5 Å². The van der Waals surface area contributed by atoms with Crippen LogP contribution in [-0.2, 0) is 14.3 Å². The van der Waals surface area contributed by atoms with E-state index in [0.717, 1.165) is 18.5 Å². The second-order valence-corrected chi connectivity index (χ2v) is 10.0. The van der Waals surface area contributed by atoms with E-state index in [-0.39, 0.29) is 17.9 Å². The summed E-state index contributed by atoms with van der Waals surface area (Å²) in [4.78, 5) is 40.0. The molecule has 164 valence electrons. The van der Waals surface area contributed by atoms with E-state index in [4.69, 9.17) is 4.74 Å². The van der Waals surface area contributed by atoms with Gasteiger partial charge >= 0.3 is 6.09 Å². The lowest BCUT2D eigenvalue weighted by atomic mass is 9.89. The number of nitrogens with zero attached hydrogens (tertiary/aromatic N) is 2. The van der Waals surface area contributed by atoms with Gasteiger partial charge in [-0.3, -0.25) is 14.9 Å². The van der Waals surface area contributed by atoms with E-state index in [0.29, 0.717) is 31.2 Å². The van der Waals surface area contributed by atoms with Crippen molar-refractivity contribution in [3.8, 4) is 0 Å². The van der Waals surface area contributed by atoms with Gasteiger partial charge in [0.2, 0.25) is 5.91 Å². The van der Waals surface area contributed by atoms with Crippen molar-refractivity contribution in [1.29, 1.82) is 0 Å². The Morgan fingerprint density at radius 1 is 1.23 bits per heavy atom. The molecule has 1 aromatic carbocycles. The maximum Gasteiger partial charge on any atom is 0.410 e. The maximum atomic E-state index is 12.4. The molecule has 0 saturated carbocycles. The number of carbonyl (C=O) groups is 3. The average Bonchev–Trinajstić information content (AvgIpc) is 2.86. The second kappa shape index (κ2) is 9.29. The number of likely N-dealkylation sites (tertiary alicyclic amines) is 1. The van der Waals surface area contributed by atoms with Crippen LogP contribution in [0.5, 0.6) is 0 Å². The molecule has 1 N–H and O–H groups in total. The van der Waals surface area contributed by atoms with Crippen molar-refractivity contribution in [3.63, 3.8) is 0 Å². The normalized spacial score (nSPS) is 21.1. The highest BCUT2D eigenvalue weighted by atomic mass is 32.2. The van der Waals surface area contributed by atoms with Gasteiger partial charge in [0.25, 0.3) is 5.91 Å². The van der Waals surface area contributed by atoms with E-state index < -0.39 is 11.0 Å². The number of hydrogen-bond acceptors (Lipinski definition) is 6. The lowest BCUT2D eigenvalue weighted by Gasteiger charge is -2.34. The highest BCUT2D eigenvalue weighted by molar-refractivity contribution is 8.00. The van der Waals surface area contributed by atoms with Gasteiger partial charge in [-0.15, -0.1) is 11.8 Å². The molecule has 0 aliphatic carbocycles. The van der Waals surface area contributed by atoms with Gasteiger partial charge in [0, 0.05) is 38.0 Å². The largest absolute Gasteiger partial charge is 0.444 e. The molecular weight excluding hydrogens is 402 g/mol. The fourth-order valence-electron chi connectivity index (χ4n) is 3.74. The summed E-state index contributed by atoms with van der Waals surface area (Å²) in [5.41, 5.74) is 1.67. The first-order valence-electron chi connectivity index (χ1n) is 10.4. The number of nitrogens with one attached hydrogen (secondary N) is 1. The minimum absolute atomic E-state index is 0.214. The van der Waals surface area contributed by atoms with Crippen LogP contribution in [0.4, 0.5) is 10.5 Å².